The predicted octanol–water partition coefficient (Wildman–Crippen LogP) is 10.5. The van der Waals surface area contributed by atoms with E-state index >= 15 is 0 Å². The van der Waals surface area contributed by atoms with Crippen LogP contribution in [0.15, 0.2) is 60.7 Å². The second-order valence-electron chi connectivity index (χ2n) is 14.7. The van der Waals surface area contributed by atoms with Gasteiger partial charge < -0.3 is 18.6 Å². The number of methoxy groups -OCH3 is 2. The zero-order valence-electron chi connectivity index (χ0n) is 30.3. The molecule has 8 heteroatoms. The number of aryl methyl sites for hydroxylation is 1. The van der Waals surface area contributed by atoms with Crippen molar-refractivity contribution in [3.05, 3.63) is 87.1 Å². The molecule has 0 aliphatic heterocycles. The smallest absolute Gasteiger partial charge is 0.348 e. The third-order valence-corrected chi connectivity index (χ3v) is 15.9. The first kappa shape index (κ1) is 38.0. The van der Waals surface area contributed by atoms with Crippen LogP contribution in [0.5, 0.6) is 5.75 Å². The Morgan fingerprint density at radius 1 is 0.958 bits per heavy atom. The fourth-order valence-electron chi connectivity index (χ4n) is 6.39. The van der Waals surface area contributed by atoms with Gasteiger partial charge in [-0.1, -0.05) is 83.4 Å². The van der Waals surface area contributed by atoms with Gasteiger partial charge >= 0.3 is 5.97 Å². The van der Waals surface area contributed by atoms with Gasteiger partial charge in [0, 0.05) is 23.1 Å². The molecule has 3 aromatic rings. The van der Waals surface area contributed by atoms with Crippen molar-refractivity contribution in [1.29, 1.82) is 0 Å². The molecule has 6 nitrogen and oxygen atoms in total. The number of hydrogen-bond acceptors (Lipinski definition) is 7. The molecule has 1 aromatic heterocycles. The number of carbonyl (C=O) groups is 2. The third kappa shape index (κ3) is 9.90. The second-order valence-corrected chi connectivity index (χ2v) is 20.6. The average molecular weight is 693 g/mol. The molecule has 0 spiro atoms. The Balaban J connectivity index is 1.54. The largest absolute Gasteiger partial charge is 0.497 e. The maximum absolute atomic E-state index is 13.7. The molecule has 0 saturated heterocycles. The van der Waals surface area contributed by atoms with Crippen LogP contribution in [-0.2, 0) is 31.7 Å². The minimum Gasteiger partial charge on any atom is -0.497 e. The number of esters is 1. The zero-order chi connectivity index (χ0) is 34.9. The Morgan fingerprint density at radius 2 is 1.67 bits per heavy atom. The van der Waals surface area contributed by atoms with E-state index in [-0.39, 0.29) is 35.1 Å². The lowest BCUT2D eigenvalue weighted by atomic mass is 9.83. The fraction of sp³-hybridized carbons (Fsp3) is 0.550. The van der Waals surface area contributed by atoms with E-state index < -0.39 is 8.32 Å². The summed E-state index contributed by atoms with van der Waals surface area (Å²) in [5.74, 6) is 0.748. The molecule has 1 aliphatic rings. The minimum absolute atomic E-state index is 0.00587. The summed E-state index contributed by atoms with van der Waals surface area (Å²) in [5.41, 5.74) is 3.46. The molecule has 48 heavy (non-hydrogen) atoms. The first-order chi connectivity index (χ1) is 22.9. The quantitative estimate of drug-likeness (QED) is 0.0797. The van der Waals surface area contributed by atoms with Crippen LogP contribution in [0, 0.1) is 5.92 Å². The van der Waals surface area contributed by atoms with E-state index in [1.807, 2.05) is 24.3 Å². The standard InChI is InChI=1S/C40H56O6SSi/c1-9-10-11-15-35(45-27-28-16-22-31(43-5)23-17-28)29-18-20-30(21-19-29)38-33(14-12-13-32-24-25-37(47-32)39(42)44-6)34(41)26-36(38)46-48(7,8)40(2,3)4/h16-25,33,35-36,38H,9-15,26-27H2,1-8H3/t33-,35?,36+,38+/m0/s1. The summed E-state index contributed by atoms with van der Waals surface area (Å²) in [7, 11) is 0.968. The summed E-state index contributed by atoms with van der Waals surface area (Å²) in [6.45, 7) is 14.1. The number of Topliss-reactive ketones (excluding diaryl/α,β-unsaturated/α-hetero) is 1. The number of carbonyl (C=O) groups excluding carboxylic acids is 2. The molecule has 4 rings (SSSR count). The van der Waals surface area contributed by atoms with Crippen molar-refractivity contribution in [1.82, 2.24) is 0 Å². The van der Waals surface area contributed by atoms with Crippen LogP contribution in [0.3, 0.4) is 0 Å². The lowest BCUT2D eigenvalue weighted by Gasteiger charge is -2.40. The Labute approximate surface area is 293 Å². The lowest BCUT2D eigenvalue weighted by molar-refractivity contribution is -0.121. The van der Waals surface area contributed by atoms with Gasteiger partial charge in [0.05, 0.1) is 33.0 Å². The molecule has 0 amide bonds. The van der Waals surface area contributed by atoms with Crippen molar-refractivity contribution in [3.63, 3.8) is 0 Å². The maximum Gasteiger partial charge on any atom is 0.348 e. The Hall–Kier alpha value is -2.78. The molecular weight excluding hydrogens is 637 g/mol. The van der Waals surface area contributed by atoms with Crippen molar-refractivity contribution in [2.75, 3.05) is 14.2 Å². The molecule has 0 bridgehead atoms. The van der Waals surface area contributed by atoms with Gasteiger partial charge in [0.1, 0.15) is 16.4 Å². The first-order valence-electron chi connectivity index (χ1n) is 17.6. The molecule has 1 heterocycles. The molecule has 1 fully saturated rings. The molecule has 262 valence electrons. The highest BCUT2D eigenvalue weighted by Crippen LogP contribution is 2.47. The highest BCUT2D eigenvalue weighted by atomic mass is 32.1. The highest BCUT2D eigenvalue weighted by Gasteiger charge is 2.48. The monoisotopic (exact) mass is 692 g/mol. The van der Waals surface area contributed by atoms with Gasteiger partial charge in [-0.2, -0.15) is 0 Å². The molecular formula is C40H56O6SSi. The van der Waals surface area contributed by atoms with Gasteiger partial charge in [0.2, 0.25) is 0 Å². The molecule has 2 aromatic carbocycles. The van der Waals surface area contributed by atoms with Gasteiger partial charge in [0.15, 0.2) is 8.32 Å². The fourth-order valence-corrected chi connectivity index (χ4v) is 8.70. The molecule has 0 radical (unpaired) electrons. The van der Waals surface area contributed by atoms with E-state index in [0.29, 0.717) is 23.7 Å². The van der Waals surface area contributed by atoms with Gasteiger partial charge in [0.25, 0.3) is 0 Å². The van der Waals surface area contributed by atoms with Crippen LogP contribution < -0.4 is 4.74 Å². The number of ether oxygens (including phenoxy) is 3. The predicted molar refractivity (Wildman–Crippen MR) is 198 cm³/mol. The minimum atomic E-state index is -2.12. The van der Waals surface area contributed by atoms with E-state index in [1.54, 1.807) is 7.11 Å². The number of rotatable bonds is 17. The normalized spacial score (nSPS) is 19.0. The van der Waals surface area contributed by atoms with Gasteiger partial charge in [-0.25, -0.2) is 4.79 Å². The zero-order valence-corrected chi connectivity index (χ0v) is 32.1. The Bertz CT molecular complexity index is 1460. The second kappa shape index (κ2) is 17.2. The van der Waals surface area contributed by atoms with Gasteiger partial charge in [-0.05, 0) is 84.8 Å². The van der Waals surface area contributed by atoms with E-state index in [9.17, 15) is 9.59 Å². The summed E-state index contributed by atoms with van der Waals surface area (Å²) in [5, 5.41) is 0.0476. The van der Waals surface area contributed by atoms with Crippen molar-refractivity contribution >= 4 is 31.4 Å². The Morgan fingerprint density at radius 3 is 2.29 bits per heavy atom. The summed E-state index contributed by atoms with van der Waals surface area (Å²) < 4.78 is 23.8. The number of thiophene rings is 1. The molecule has 0 N–H and O–H groups in total. The first-order valence-corrected chi connectivity index (χ1v) is 21.3. The van der Waals surface area contributed by atoms with Crippen LogP contribution in [0.25, 0.3) is 0 Å². The van der Waals surface area contributed by atoms with Crippen LogP contribution >= 0.6 is 11.3 Å². The van der Waals surface area contributed by atoms with Crippen LogP contribution in [0.2, 0.25) is 18.1 Å². The van der Waals surface area contributed by atoms with E-state index in [2.05, 4.69) is 77.2 Å². The number of hydrogen-bond donors (Lipinski definition) is 0. The van der Waals surface area contributed by atoms with E-state index in [1.165, 1.54) is 36.0 Å². The summed E-state index contributed by atoms with van der Waals surface area (Å²) in [6, 6.07) is 20.8. The molecule has 1 saturated carbocycles. The topological polar surface area (TPSA) is 71.1 Å². The number of benzene rings is 2. The summed E-state index contributed by atoms with van der Waals surface area (Å²) in [6.07, 6.45) is 7.22. The maximum atomic E-state index is 13.7. The molecule has 1 aliphatic carbocycles. The van der Waals surface area contributed by atoms with Crippen molar-refractivity contribution in [3.8, 4) is 5.75 Å². The van der Waals surface area contributed by atoms with Crippen molar-refractivity contribution in [2.45, 2.75) is 122 Å². The Kier molecular flexibility index (Phi) is 13.7. The van der Waals surface area contributed by atoms with Crippen LogP contribution in [-0.4, -0.2) is 40.4 Å². The highest BCUT2D eigenvalue weighted by molar-refractivity contribution is 7.13. The van der Waals surface area contributed by atoms with Crippen LogP contribution in [0.4, 0.5) is 0 Å². The lowest BCUT2D eigenvalue weighted by Crippen LogP contribution is -2.44. The van der Waals surface area contributed by atoms with Gasteiger partial charge in [-0.3, -0.25) is 4.79 Å². The molecule has 4 atom stereocenters. The summed E-state index contributed by atoms with van der Waals surface area (Å²) >= 11 is 1.48. The molecule has 1 unspecified atom stereocenters. The van der Waals surface area contributed by atoms with Crippen LogP contribution in [0.1, 0.15) is 116 Å². The number of unbranched alkanes of at least 4 members (excludes halogenated alkanes) is 2. The average Bonchev–Trinajstić information content (AvgIpc) is 3.66. The third-order valence-electron chi connectivity index (χ3n) is 10.3. The number of ketones is 1. The van der Waals surface area contributed by atoms with Crippen molar-refractivity contribution < 1.29 is 28.2 Å². The van der Waals surface area contributed by atoms with Crippen molar-refractivity contribution in [2.24, 2.45) is 5.92 Å². The summed E-state index contributed by atoms with van der Waals surface area (Å²) in [4.78, 5) is 27.4. The van der Waals surface area contributed by atoms with E-state index in [0.717, 1.165) is 54.7 Å². The SMILES string of the molecule is CCCCCC(OCc1ccc(OC)cc1)c1ccc([C@H]2[C@H](O[Si](C)(C)C(C)(C)C)CC(=O)[C@@H]2CCCc2ccc(C(=O)OC)s2)cc1. The van der Waals surface area contributed by atoms with Gasteiger partial charge in [-0.15, -0.1) is 11.3 Å². The van der Waals surface area contributed by atoms with E-state index in [4.69, 9.17) is 18.6 Å².